The molecule has 7 nitrogen and oxygen atoms in total. The number of nitrogens with zero attached hydrogens (tertiary/aromatic N) is 2. The first-order chi connectivity index (χ1) is 17.7. The number of amides is 1. The Morgan fingerprint density at radius 1 is 0.919 bits per heavy atom. The van der Waals surface area contributed by atoms with Crippen LogP contribution in [0, 0.1) is 20.8 Å². The van der Waals surface area contributed by atoms with E-state index in [-0.39, 0.29) is 17.3 Å². The third-order valence-corrected chi connectivity index (χ3v) is 8.28. The van der Waals surface area contributed by atoms with E-state index in [1.165, 1.54) is 9.87 Å². The molecule has 0 radical (unpaired) electrons. The highest BCUT2D eigenvalue weighted by molar-refractivity contribution is 7.92. The molecule has 0 aliphatic carbocycles. The number of ether oxygens (including phenoxy) is 1. The number of hydrogen-bond acceptors (Lipinski definition) is 5. The lowest BCUT2D eigenvalue weighted by Crippen LogP contribution is -2.41. The first kappa shape index (κ1) is 26.9. The van der Waals surface area contributed by atoms with Gasteiger partial charge in [0.2, 0.25) is 5.91 Å². The van der Waals surface area contributed by atoms with Crippen molar-refractivity contribution in [3.8, 4) is 0 Å². The normalized spacial score (nSPS) is 14.4. The number of carbonyl (C=O) groups is 1. The maximum atomic E-state index is 13.7. The van der Waals surface area contributed by atoms with E-state index >= 15 is 0 Å². The Kier molecular flexibility index (Phi) is 8.63. The van der Waals surface area contributed by atoms with Crippen molar-refractivity contribution in [3.63, 3.8) is 0 Å². The van der Waals surface area contributed by atoms with E-state index in [4.69, 9.17) is 4.74 Å². The van der Waals surface area contributed by atoms with E-state index < -0.39 is 10.0 Å². The van der Waals surface area contributed by atoms with E-state index in [1.807, 2.05) is 45.0 Å². The maximum Gasteiger partial charge on any atom is 0.264 e. The van der Waals surface area contributed by atoms with Gasteiger partial charge in [-0.05, 0) is 55.7 Å². The molecule has 0 saturated carbocycles. The first-order valence-electron chi connectivity index (χ1n) is 12.5. The number of hydrogen-bond donors (Lipinski definition) is 1. The van der Waals surface area contributed by atoms with Gasteiger partial charge in [0.25, 0.3) is 10.0 Å². The molecule has 1 aliphatic heterocycles. The molecule has 4 rings (SSSR count). The van der Waals surface area contributed by atoms with Gasteiger partial charge < -0.3 is 10.1 Å². The summed E-state index contributed by atoms with van der Waals surface area (Å²) in [6.45, 7) is 9.87. The van der Waals surface area contributed by atoms with Gasteiger partial charge in [0.15, 0.2) is 0 Å². The second kappa shape index (κ2) is 11.9. The van der Waals surface area contributed by atoms with Crippen LogP contribution in [-0.4, -0.2) is 52.1 Å². The highest BCUT2D eigenvalue weighted by Gasteiger charge is 2.28. The highest BCUT2D eigenvalue weighted by atomic mass is 32.2. The molecule has 1 heterocycles. The molecule has 1 saturated heterocycles. The summed E-state index contributed by atoms with van der Waals surface area (Å²) in [5, 5.41) is 2.91. The molecule has 0 spiro atoms. The Labute approximate surface area is 220 Å². The van der Waals surface area contributed by atoms with Gasteiger partial charge in [0.05, 0.1) is 23.8 Å². The zero-order chi connectivity index (χ0) is 26.4. The van der Waals surface area contributed by atoms with Crippen molar-refractivity contribution in [2.45, 2.75) is 38.8 Å². The van der Waals surface area contributed by atoms with E-state index in [2.05, 4.69) is 22.3 Å². The third-order valence-electron chi connectivity index (χ3n) is 6.51. The van der Waals surface area contributed by atoms with Crippen LogP contribution in [0.3, 0.4) is 0 Å². The Morgan fingerprint density at radius 3 is 2.30 bits per heavy atom. The second-order valence-corrected chi connectivity index (χ2v) is 11.5. The fourth-order valence-electron chi connectivity index (χ4n) is 4.46. The van der Waals surface area contributed by atoms with E-state index in [0.717, 1.165) is 55.1 Å². The number of sulfonamides is 1. The predicted octanol–water partition coefficient (Wildman–Crippen LogP) is 3.96. The molecule has 8 heteroatoms. The second-order valence-electron chi connectivity index (χ2n) is 9.60. The third kappa shape index (κ3) is 6.97. The van der Waals surface area contributed by atoms with Crippen LogP contribution in [0.2, 0.25) is 0 Å². The number of morpholine rings is 1. The number of aryl methyl sites for hydroxylation is 3. The Bertz CT molecular complexity index is 1330. The number of carbonyl (C=O) groups excluding carboxylic acids is 1. The van der Waals surface area contributed by atoms with Crippen molar-refractivity contribution in [1.29, 1.82) is 0 Å². The Hall–Kier alpha value is -3.20. The van der Waals surface area contributed by atoms with Crippen molar-refractivity contribution < 1.29 is 17.9 Å². The van der Waals surface area contributed by atoms with E-state index in [1.54, 1.807) is 30.3 Å². The molecule has 0 unspecified atom stereocenters. The molecule has 196 valence electrons. The van der Waals surface area contributed by atoms with Crippen molar-refractivity contribution >= 4 is 21.6 Å². The molecular formula is C29H35N3O4S. The maximum absolute atomic E-state index is 13.7. The highest BCUT2D eigenvalue weighted by Crippen LogP contribution is 2.27. The molecule has 0 atom stereocenters. The van der Waals surface area contributed by atoms with Crippen molar-refractivity contribution in [2.75, 3.05) is 37.2 Å². The van der Waals surface area contributed by atoms with Gasteiger partial charge >= 0.3 is 0 Å². The van der Waals surface area contributed by atoms with Gasteiger partial charge in [-0.2, -0.15) is 0 Å². The fraction of sp³-hybridized carbons (Fsp3) is 0.345. The standard InChI is InChI=1S/C29H35N3O4S/c1-22-7-10-27(11-8-22)37(34,35)32(28-12-9-23(2)17-24(28)3)21-29(33)30-19-25-5-4-6-26(18-25)20-31-13-15-36-16-14-31/h4-12,17-18H,13-16,19-21H2,1-3H3,(H,30,33). The van der Waals surface area contributed by atoms with E-state index in [0.29, 0.717) is 12.2 Å². The number of anilines is 1. The zero-order valence-electron chi connectivity index (χ0n) is 21.7. The van der Waals surface area contributed by atoms with Crippen LogP contribution in [0.4, 0.5) is 5.69 Å². The van der Waals surface area contributed by atoms with Crippen LogP contribution in [0.15, 0.2) is 71.6 Å². The lowest BCUT2D eigenvalue weighted by molar-refractivity contribution is -0.119. The average molecular weight is 522 g/mol. The largest absolute Gasteiger partial charge is 0.379 e. The number of rotatable bonds is 9. The molecule has 3 aromatic carbocycles. The minimum absolute atomic E-state index is 0.154. The quantitative estimate of drug-likeness (QED) is 0.461. The summed E-state index contributed by atoms with van der Waals surface area (Å²) >= 11 is 0. The van der Waals surface area contributed by atoms with Crippen molar-refractivity contribution in [3.05, 3.63) is 94.5 Å². The molecule has 1 aliphatic rings. The first-order valence-corrected chi connectivity index (χ1v) is 14.0. The molecule has 37 heavy (non-hydrogen) atoms. The van der Waals surface area contributed by atoms with Crippen LogP contribution in [-0.2, 0) is 32.6 Å². The van der Waals surface area contributed by atoms with Gasteiger partial charge in [-0.25, -0.2) is 8.42 Å². The summed E-state index contributed by atoms with van der Waals surface area (Å²) in [4.78, 5) is 15.6. The van der Waals surface area contributed by atoms with Gasteiger partial charge in [0.1, 0.15) is 6.54 Å². The average Bonchev–Trinajstić information content (AvgIpc) is 2.87. The SMILES string of the molecule is Cc1ccc(S(=O)(=O)N(CC(=O)NCc2cccc(CN3CCOCC3)c2)c2ccc(C)cc2C)cc1. The molecule has 3 aromatic rings. The number of nitrogens with one attached hydrogen (secondary N) is 1. The summed E-state index contributed by atoms with van der Waals surface area (Å²) in [7, 11) is -3.95. The Balaban J connectivity index is 1.49. The van der Waals surface area contributed by atoms with E-state index in [9.17, 15) is 13.2 Å². The molecular weight excluding hydrogens is 486 g/mol. The lowest BCUT2D eigenvalue weighted by atomic mass is 10.1. The van der Waals surface area contributed by atoms with Crippen LogP contribution in [0.1, 0.15) is 27.8 Å². The summed E-state index contributed by atoms with van der Waals surface area (Å²) < 4.78 is 33.9. The van der Waals surface area contributed by atoms with Crippen LogP contribution >= 0.6 is 0 Å². The topological polar surface area (TPSA) is 79.0 Å². The van der Waals surface area contributed by atoms with Gasteiger partial charge in [-0.3, -0.25) is 14.0 Å². The number of benzene rings is 3. The predicted molar refractivity (Wildman–Crippen MR) is 146 cm³/mol. The molecule has 0 aromatic heterocycles. The lowest BCUT2D eigenvalue weighted by Gasteiger charge is -2.27. The van der Waals surface area contributed by atoms with Crippen molar-refractivity contribution in [2.24, 2.45) is 0 Å². The van der Waals surface area contributed by atoms with Crippen LogP contribution in [0.5, 0.6) is 0 Å². The van der Waals surface area contributed by atoms with Crippen LogP contribution < -0.4 is 9.62 Å². The monoisotopic (exact) mass is 521 g/mol. The summed E-state index contributed by atoms with van der Waals surface area (Å²) in [6.07, 6.45) is 0. The van der Waals surface area contributed by atoms with Gasteiger partial charge in [0, 0.05) is 26.2 Å². The van der Waals surface area contributed by atoms with Crippen LogP contribution in [0.25, 0.3) is 0 Å². The zero-order valence-corrected chi connectivity index (χ0v) is 22.6. The Morgan fingerprint density at radius 2 is 1.59 bits per heavy atom. The van der Waals surface area contributed by atoms with Gasteiger partial charge in [-0.15, -0.1) is 0 Å². The molecule has 1 amide bonds. The minimum atomic E-state index is -3.95. The molecule has 1 fully saturated rings. The minimum Gasteiger partial charge on any atom is -0.379 e. The smallest absolute Gasteiger partial charge is 0.264 e. The molecule has 1 N–H and O–H groups in total. The van der Waals surface area contributed by atoms with Crippen molar-refractivity contribution in [1.82, 2.24) is 10.2 Å². The summed E-state index contributed by atoms with van der Waals surface area (Å²) in [5.74, 6) is -0.366. The summed E-state index contributed by atoms with van der Waals surface area (Å²) in [5.41, 5.74) is 5.42. The summed E-state index contributed by atoms with van der Waals surface area (Å²) in [6, 6.07) is 20.3. The van der Waals surface area contributed by atoms with Gasteiger partial charge in [-0.1, -0.05) is 59.7 Å². The fourth-order valence-corrected chi connectivity index (χ4v) is 5.95. The molecule has 0 bridgehead atoms.